The van der Waals surface area contributed by atoms with Crippen molar-refractivity contribution in [3.05, 3.63) is 27.6 Å². The molecule has 0 spiro atoms. The zero-order valence-electron chi connectivity index (χ0n) is 6.61. The first kappa shape index (κ1) is 9.42. The normalized spacial score (nSPS) is 10.7. The first-order chi connectivity index (χ1) is 6.59. The van der Waals surface area contributed by atoms with Crippen LogP contribution in [-0.4, -0.2) is 25.7 Å². The molecule has 72 valence electrons. The second kappa shape index (κ2) is 3.21. The summed E-state index contributed by atoms with van der Waals surface area (Å²) in [4.78, 5) is 14.6. The van der Waals surface area contributed by atoms with Gasteiger partial charge in [-0.25, -0.2) is 14.3 Å². The molecule has 0 amide bonds. The lowest BCUT2D eigenvalue weighted by Crippen LogP contribution is -1.98. The molecule has 0 fully saturated rings. The van der Waals surface area contributed by atoms with Gasteiger partial charge in [-0.15, -0.1) is 0 Å². The van der Waals surface area contributed by atoms with E-state index in [1.807, 2.05) is 0 Å². The second-order valence-corrected chi connectivity index (χ2v) is 3.72. The van der Waals surface area contributed by atoms with Gasteiger partial charge in [0.15, 0.2) is 5.65 Å². The number of carboxylic acid groups (broad SMARTS) is 1. The molecule has 1 N–H and O–H groups in total. The fourth-order valence-corrected chi connectivity index (χ4v) is 1.43. The summed E-state index contributed by atoms with van der Waals surface area (Å²) in [6.45, 7) is 0. The van der Waals surface area contributed by atoms with E-state index in [4.69, 9.17) is 16.7 Å². The minimum atomic E-state index is -1.08. The van der Waals surface area contributed by atoms with Crippen LogP contribution in [0.4, 0.5) is 0 Å². The van der Waals surface area contributed by atoms with E-state index in [1.165, 1.54) is 10.7 Å². The molecule has 14 heavy (non-hydrogen) atoms. The van der Waals surface area contributed by atoms with Gasteiger partial charge in [-0.2, -0.15) is 5.10 Å². The zero-order valence-corrected chi connectivity index (χ0v) is 8.95. The van der Waals surface area contributed by atoms with Gasteiger partial charge >= 0.3 is 5.97 Å². The summed E-state index contributed by atoms with van der Waals surface area (Å²) in [7, 11) is 0. The summed E-state index contributed by atoms with van der Waals surface area (Å²) in [5.41, 5.74) is 0.255. The molecule has 2 heterocycles. The first-order valence-corrected chi connectivity index (χ1v) is 4.69. The molecule has 2 rings (SSSR count). The van der Waals surface area contributed by atoms with Crippen LogP contribution in [0.2, 0.25) is 5.15 Å². The lowest BCUT2D eigenvalue weighted by Gasteiger charge is -1.97. The van der Waals surface area contributed by atoms with E-state index < -0.39 is 5.97 Å². The Morgan fingerprint density at radius 1 is 1.64 bits per heavy atom. The van der Waals surface area contributed by atoms with E-state index >= 15 is 0 Å². The van der Waals surface area contributed by atoms with Gasteiger partial charge in [0.1, 0.15) is 10.7 Å². The summed E-state index contributed by atoms with van der Waals surface area (Å²) >= 11 is 8.89. The topological polar surface area (TPSA) is 67.5 Å². The maximum absolute atomic E-state index is 10.7. The molecule has 0 aliphatic heterocycles. The maximum atomic E-state index is 10.7. The van der Waals surface area contributed by atoms with Crippen molar-refractivity contribution in [2.24, 2.45) is 0 Å². The van der Waals surface area contributed by atoms with Crippen molar-refractivity contribution in [1.29, 1.82) is 0 Å². The Morgan fingerprint density at radius 2 is 2.36 bits per heavy atom. The molecule has 7 heteroatoms. The molecular formula is C7H3BrClN3O2. The molecule has 0 aliphatic rings. The van der Waals surface area contributed by atoms with Crippen molar-refractivity contribution in [2.75, 3.05) is 0 Å². The maximum Gasteiger partial charge on any atom is 0.341 e. The molecule has 0 radical (unpaired) electrons. The largest absolute Gasteiger partial charge is 0.477 e. The van der Waals surface area contributed by atoms with Crippen molar-refractivity contribution in [3.8, 4) is 0 Å². The van der Waals surface area contributed by atoms with Gasteiger partial charge in [0.25, 0.3) is 0 Å². The highest BCUT2D eigenvalue weighted by Gasteiger charge is 2.13. The van der Waals surface area contributed by atoms with Crippen LogP contribution in [0, 0.1) is 0 Å². The molecule has 0 aromatic carbocycles. The van der Waals surface area contributed by atoms with Crippen LogP contribution in [0.15, 0.2) is 16.9 Å². The number of aromatic carboxylic acids is 1. The molecule has 2 aromatic rings. The van der Waals surface area contributed by atoms with Crippen LogP contribution in [-0.2, 0) is 0 Å². The molecular weight excluding hydrogens is 273 g/mol. The van der Waals surface area contributed by atoms with Crippen LogP contribution >= 0.6 is 27.5 Å². The highest BCUT2D eigenvalue weighted by atomic mass is 79.9. The number of hydrogen-bond acceptors (Lipinski definition) is 3. The summed E-state index contributed by atoms with van der Waals surface area (Å²) < 4.78 is 1.91. The molecule has 0 bridgehead atoms. The molecule has 0 aliphatic carbocycles. The summed E-state index contributed by atoms with van der Waals surface area (Å²) in [5, 5.41) is 12.8. The average Bonchev–Trinajstić information content (AvgIpc) is 2.48. The highest BCUT2D eigenvalue weighted by molar-refractivity contribution is 9.10. The number of rotatable bonds is 1. The van der Waals surface area contributed by atoms with Gasteiger partial charge < -0.3 is 5.11 Å². The number of hydrogen-bond donors (Lipinski definition) is 1. The predicted octanol–water partition coefficient (Wildman–Crippen LogP) is 1.84. The van der Waals surface area contributed by atoms with Crippen LogP contribution in [0.3, 0.4) is 0 Å². The van der Waals surface area contributed by atoms with E-state index in [9.17, 15) is 4.79 Å². The van der Waals surface area contributed by atoms with Crippen molar-refractivity contribution in [3.63, 3.8) is 0 Å². The molecule has 2 aromatic heterocycles. The number of carboxylic acids is 1. The van der Waals surface area contributed by atoms with E-state index in [0.717, 1.165) is 0 Å². The Kier molecular flexibility index (Phi) is 2.16. The molecule has 0 saturated carbocycles. The number of carbonyl (C=O) groups is 1. The van der Waals surface area contributed by atoms with Crippen LogP contribution in [0.5, 0.6) is 0 Å². The van der Waals surface area contributed by atoms with Crippen LogP contribution in [0.1, 0.15) is 10.4 Å². The van der Waals surface area contributed by atoms with Gasteiger partial charge in [-0.1, -0.05) is 11.6 Å². The van der Waals surface area contributed by atoms with Crippen molar-refractivity contribution in [2.45, 2.75) is 0 Å². The Balaban J connectivity index is 2.80. The predicted molar refractivity (Wildman–Crippen MR) is 52.7 cm³/mol. The fraction of sp³-hybridized carbons (Fsp3) is 0. The third kappa shape index (κ3) is 1.36. The third-order valence-electron chi connectivity index (χ3n) is 1.64. The fourth-order valence-electron chi connectivity index (χ4n) is 1.02. The highest BCUT2D eigenvalue weighted by Crippen LogP contribution is 2.21. The lowest BCUT2D eigenvalue weighted by molar-refractivity contribution is 0.0699. The standard InChI is InChI=1S/C7H3BrClN3O2/c8-4-2-12-6(11-5(4)9)3(1-10-12)7(13)14/h1-2H,(H,13,14). The van der Waals surface area contributed by atoms with E-state index in [2.05, 4.69) is 26.0 Å². The van der Waals surface area contributed by atoms with Crippen molar-refractivity contribution >= 4 is 39.1 Å². The van der Waals surface area contributed by atoms with E-state index in [1.54, 1.807) is 6.20 Å². The number of halogens is 2. The number of fused-ring (bicyclic) bond motifs is 1. The van der Waals surface area contributed by atoms with E-state index in [0.29, 0.717) is 4.47 Å². The van der Waals surface area contributed by atoms with Crippen molar-refractivity contribution < 1.29 is 9.90 Å². The van der Waals surface area contributed by atoms with Gasteiger partial charge in [0, 0.05) is 6.20 Å². The first-order valence-electron chi connectivity index (χ1n) is 3.52. The minimum Gasteiger partial charge on any atom is -0.477 e. The van der Waals surface area contributed by atoms with Gasteiger partial charge in [-0.3, -0.25) is 0 Å². The molecule has 0 atom stereocenters. The Morgan fingerprint density at radius 3 is 3.00 bits per heavy atom. The van der Waals surface area contributed by atoms with Crippen LogP contribution in [0.25, 0.3) is 5.65 Å². The summed E-state index contributed by atoms with van der Waals surface area (Å²) in [5.74, 6) is -1.08. The molecule has 5 nitrogen and oxygen atoms in total. The Bertz CT molecular complexity index is 525. The van der Waals surface area contributed by atoms with Gasteiger partial charge in [0.2, 0.25) is 0 Å². The van der Waals surface area contributed by atoms with Gasteiger partial charge in [0.05, 0.1) is 10.7 Å². The monoisotopic (exact) mass is 275 g/mol. The smallest absolute Gasteiger partial charge is 0.341 e. The summed E-state index contributed by atoms with van der Waals surface area (Å²) in [6.07, 6.45) is 2.78. The molecule has 0 saturated heterocycles. The van der Waals surface area contributed by atoms with Gasteiger partial charge in [-0.05, 0) is 15.9 Å². The minimum absolute atomic E-state index is 0.0272. The van der Waals surface area contributed by atoms with Crippen molar-refractivity contribution in [1.82, 2.24) is 14.6 Å². The number of aromatic nitrogens is 3. The summed E-state index contributed by atoms with van der Waals surface area (Å²) in [6, 6.07) is 0. The Hall–Kier alpha value is -1.14. The molecule has 0 unspecified atom stereocenters. The second-order valence-electron chi connectivity index (χ2n) is 2.51. The third-order valence-corrected chi connectivity index (χ3v) is 2.73. The zero-order chi connectivity index (χ0) is 10.3. The number of nitrogens with zero attached hydrogens (tertiary/aromatic N) is 3. The Labute approximate surface area is 91.4 Å². The lowest BCUT2D eigenvalue weighted by atomic mass is 10.3. The van der Waals surface area contributed by atoms with Crippen LogP contribution < -0.4 is 0 Å². The SMILES string of the molecule is O=C(O)c1cnn2cc(Br)c(Cl)nc12. The average molecular weight is 276 g/mol. The quantitative estimate of drug-likeness (QED) is 0.807. The van der Waals surface area contributed by atoms with E-state index in [-0.39, 0.29) is 16.4 Å².